The van der Waals surface area contributed by atoms with Gasteiger partial charge >= 0.3 is 0 Å². The van der Waals surface area contributed by atoms with Gasteiger partial charge in [-0.3, -0.25) is 14.6 Å². The molecule has 150 valence electrons. The summed E-state index contributed by atoms with van der Waals surface area (Å²) in [5, 5.41) is 7.76. The van der Waals surface area contributed by atoms with Gasteiger partial charge in [0.1, 0.15) is 5.75 Å². The number of benzene rings is 1. The van der Waals surface area contributed by atoms with Gasteiger partial charge in [0.15, 0.2) is 5.96 Å². The van der Waals surface area contributed by atoms with Crippen LogP contribution in [0.2, 0.25) is 0 Å². The smallest absolute Gasteiger partial charge is 0.189 e. The van der Waals surface area contributed by atoms with Crippen molar-refractivity contribution < 1.29 is 4.74 Å². The molecule has 0 bridgehead atoms. The molecule has 4 rings (SSSR count). The molecule has 1 aromatic carbocycles. The first-order valence-electron chi connectivity index (χ1n) is 10.1. The standard InChI is InChI=1S/C21H30N6O/c1-26-12-5-6-15(20(26)18-9-11-24-27(18)2)14-23-21(22)25-17-10-13-28-19-8-4-3-7-16(17)19/h3-4,7-9,11,15,17,20H,5-6,10,12-14H2,1-2H3,(H3,22,23,25)/t15-,17?,20+/m0/s1. The second-order valence-corrected chi connectivity index (χ2v) is 7.81. The average molecular weight is 383 g/mol. The molecule has 28 heavy (non-hydrogen) atoms. The molecule has 0 amide bonds. The number of likely N-dealkylation sites (tertiary alicyclic amines) is 1. The van der Waals surface area contributed by atoms with E-state index < -0.39 is 0 Å². The Kier molecular flexibility index (Phi) is 5.52. The third-order valence-electron chi connectivity index (χ3n) is 5.95. The molecule has 7 heteroatoms. The number of aliphatic imine (C=N–C) groups is 1. The minimum Gasteiger partial charge on any atom is -0.493 e. The highest BCUT2D eigenvalue weighted by molar-refractivity contribution is 5.78. The third kappa shape index (κ3) is 3.85. The molecule has 2 aliphatic heterocycles. The third-order valence-corrected chi connectivity index (χ3v) is 5.95. The molecule has 1 unspecified atom stereocenters. The number of para-hydroxylation sites is 1. The molecule has 1 aromatic heterocycles. The van der Waals surface area contributed by atoms with Crippen molar-refractivity contribution in [1.82, 2.24) is 20.0 Å². The normalized spacial score (nSPS) is 25.8. The van der Waals surface area contributed by atoms with Gasteiger partial charge in [0, 0.05) is 31.8 Å². The van der Waals surface area contributed by atoms with Crippen molar-refractivity contribution in [1.29, 1.82) is 0 Å². The van der Waals surface area contributed by atoms with Gasteiger partial charge in [-0.25, -0.2) is 0 Å². The van der Waals surface area contributed by atoms with Crippen LogP contribution in [0.5, 0.6) is 5.75 Å². The Labute approximate surface area is 166 Å². The Hall–Kier alpha value is -2.54. The summed E-state index contributed by atoms with van der Waals surface area (Å²) in [4.78, 5) is 7.14. The van der Waals surface area contributed by atoms with E-state index in [4.69, 9.17) is 15.5 Å². The second kappa shape index (κ2) is 8.22. The Bertz CT molecular complexity index is 832. The molecule has 0 spiro atoms. The highest BCUT2D eigenvalue weighted by Crippen LogP contribution is 2.35. The second-order valence-electron chi connectivity index (χ2n) is 7.81. The van der Waals surface area contributed by atoms with Crippen LogP contribution in [0.4, 0.5) is 0 Å². The minimum absolute atomic E-state index is 0.149. The summed E-state index contributed by atoms with van der Waals surface area (Å²) >= 11 is 0. The summed E-state index contributed by atoms with van der Waals surface area (Å²) in [6, 6.07) is 10.7. The van der Waals surface area contributed by atoms with E-state index in [0.717, 1.165) is 30.7 Å². The Morgan fingerprint density at radius 3 is 2.96 bits per heavy atom. The number of nitrogens with two attached hydrogens (primary N) is 1. The van der Waals surface area contributed by atoms with E-state index >= 15 is 0 Å². The number of rotatable bonds is 4. The largest absolute Gasteiger partial charge is 0.493 e. The van der Waals surface area contributed by atoms with Crippen LogP contribution in [-0.4, -0.2) is 47.4 Å². The number of ether oxygens (including phenoxy) is 1. The molecule has 0 saturated carbocycles. The van der Waals surface area contributed by atoms with E-state index in [2.05, 4.69) is 34.5 Å². The van der Waals surface area contributed by atoms with Gasteiger partial charge in [0.05, 0.1) is 24.4 Å². The van der Waals surface area contributed by atoms with Gasteiger partial charge in [0.2, 0.25) is 0 Å². The lowest BCUT2D eigenvalue weighted by Crippen LogP contribution is -2.40. The monoisotopic (exact) mass is 382 g/mol. The molecule has 1 fully saturated rings. The lowest BCUT2D eigenvalue weighted by molar-refractivity contribution is 0.119. The fraction of sp³-hybridized carbons (Fsp3) is 0.524. The molecule has 3 heterocycles. The maximum atomic E-state index is 6.27. The highest BCUT2D eigenvalue weighted by Gasteiger charge is 2.32. The Morgan fingerprint density at radius 2 is 2.14 bits per heavy atom. The predicted molar refractivity (Wildman–Crippen MR) is 110 cm³/mol. The zero-order chi connectivity index (χ0) is 19.5. The summed E-state index contributed by atoms with van der Waals surface area (Å²) < 4.78 is 7.71. The van der Waals surface area contributed by atoms with Crippen LogP contribution in [0.3, 0.4) is 0 Å². The van der Waals surface area contributed by atoms with Crippen molar-refractivity contribution >= 4 is 5.96 Å². The maximum absolute atomic E-state index is 6.27. The Balaban J connectivity index is 1.45. The number of nitrogens with one attached hydrogen (secondary N) is 1. The number of nitrogens with zero attached hydrogens (tertiary/aromatic N) is 4. The number of guanidine groups is 1. The summed E-state index contributed by atoms with van der Waals surface area (Å²) in [7, 11) is 4.20. The van der Waals surface area contributed by atoms with Crippen LogP contribution in [0, 0.1) is 5.92 Å². The zero-order valence-electron chi connectivity index (χ0n) is 16.7. The van der Waals surface area contributed by atoms with Gasteiger partial charge in [-0.2, -0.15) is 5.10 Å². The van der Waals surface area contributed by atoms with Crippen LogP contribution < -0.4 is 15.8 Å². The van der Waals surface area contributed by atoms with E-state index in [1.54, 1.807) is 0 Å². The van der Waals surface area contributed by atoms with Crippen LogP contribution in [0.15, 0.2) is 41.5 Å². The average Bonchev–Trinajstić information content (AvgIpc) is 3.12. The Morgan fingerprint density at radius 1 is 1.29 bits per heavy atom. The molecular weight excluding hydrogens is 352 g/mol. The van der Waals surface area contributed by atoms with Crippen LogP contribution in [-0.2, 0) is 7.05 Å². The van der Waals surface area contributed by atoms with Gasteiger partial charge in [-0.15, -0.1) is 0 Å². The number of hydrogen-bond acceptors (Lipinski definition) is 4. The van der Waals surface area contributed by atoms with Gasteiger partial charge in [-0.1, -0.05) is 18.2 Å². The molecule has 1 saturated heterocycles. The lowest BCUT2D eigenvalue weighted by atomic mass is 9.87. The molecule has 7 nitrogen and oxygen atoms in total. The number of fused-ring (bicyclic) bond motifs is 1. The van der Waals surface area contributed by atoms with E-state index in [1.807, 2.05) is 36.1 Å². The van der Waals surface area contributed by atoms with Crippen LogP contribution in [0.25, 0.3) is 0 Å². The molecule has 2 aromatic rings. The highest BCUT2D eigenvalue weighted by atomic mass is 16.5. The van der Waals surface area contributed by atoms with Gasteiger partial charge in [0.25, 0.3) is 0 Å². The van der Waals surface area contributed by atoms with Gasteiger partial charge in [-0.05, 0) is 44.5 Å². The van der Waals surface area contributed by atoms with E-state index in [9.17, 15) is 0 Å². The molecule has 3 atom stereocenters. The van der Waals surface area contributed by atoms with Crippen LogP contribution >= 0.6 is 0 Å². The number of aromatic nitrogens is 2. The first-order valence-corrected chi connectivity index (χ1v) is 10.1. The first-order chi connectivity index (χ1) is 13.6. The zero-order valence-corrected chi connectivity index (χ0v) is 16.7. The lowest BCUT2D eigenvalue weighted by Gasteiger charge is -2.38. The fourth-order valence-electron chi connectivity index (χ4n) is 4.52. The van der Waals surface area contributed by atoms with Crippen molar-refractivity contribution in [2.24, 2.45) is 23.7 Å². The number of piperidine rings is 1. The van der Waals surface area contributed by atoms with E-state index in [-0.39, 0.29) is 6.04 Å². The fourth-order valence-corrected chi connectivity index (χ4v) is 4.52. The molecule has 3 N–H and O–H groups in total. The van der Waals surface area contributed by atoms with Crippen molar-refractivity contribution in [2.45, 2.75) is 31.3 Å². The van der Waals surface area contributed by atoms with E-state index in [1.165, 1.54) is 12.1 Å². The number of hydrogen-bond donors (Lipinski definition) is 2. The summed E-state index contributed by atoms with van der Waals surface area (Å²) in [6.07, 6.45) is 5.09. The topological polar surface area (TPSA) is 80.7 Å². The van der Waals surface area contributed by atoms with Crippen molar-refractivity contribution in [3.8, 4) is 5.75 Å². The quantitative estimate of drug-likeness (QED) is 0.626. The molecule has 0 aliphatic carbocycles. The predicted octanol–water partition coefficient (Wildman–Crippen LogP) is 2.23. The van der Waals surface area contributed by atoms with Crippen molar-refractivity contribution in [3.05, 3.63) is 47.8 Å². The SMILES string of the molecule is CN1CCC[C@@H](CN=C(N)NC2CCOc3ccccc32)[C@@H]1c1ccnn1C. The number of aryl methyl sites for hydroxylation is 1. The summed E-state index contributed by atoms with van der Waals surface area (Å²) in [5.41, 5.74) is 8.67. The minimum atomic E-state index is 0.149. The molecule has 2 aliphatic rings. The van der Waals surface area contributed by atoms with Crippen LogP contribution in [0.1, 0.15) is 42.6 Å². The molecule has 0 radical (unpaired) electrons. The van der Waals surface area contributed by atoms with Crippen molar-refractivity contribution in [2.75, 3.05) is 26.7 Å². The maximum Gasteiger partial charge on any atom is 0.189 e. The van der Waals surface area contributed by atoms with Crippen molar-refractivity contribution in [3.63, 3.8) is 0 Å². The molecular formula is C21H30N6O. The first kappa shape index (κ1) is 18.8. The van der Waals surface area contributed by atoms with E-state index in [0.29, 0.717) is 31.1 Å². The summed E-state index contributed by atoms with van der Waals surface area (Å²) in [6.45, 7) is 2.50. The summed E-state index contributed by atoms with van der Waals surface area (Å²) in [5.74, 6) is 1.87. The van der Waals surface area contributed by atoms with Gasteiger partial charge < -0.3 is 15.8 Å².